The molecule has 0 spiro atoms. The number of hydrogen-bond acceptors (Lipinski definition) is 4. The monoisotopic (exact) mass is 373 g/mol. The number of hydrogen-bond donors (Lipinski definition) is 1. The third-order valence-electron chi connectivity index (χ3n) is 3.53. The van der Waals surface area contributed by atoms with Crippen molar-refractivity contribution in [1.82, 2.24) is 4.98 Å². The van der Waals surface area contributed by atoms with E-state index in [0.29, 0.717) is 21.5 Å². The number of aliphatic hydroxyl groups excluding tert-OH is 1. The number of methoxy groups -OCH3 is 1. The molecule has 3 nitrogen and oxygen atoms in total. The third kappa shape index (κ3) is 3.19. The van der Waals surface area contributed by atoms with Gasteiger partial charge in [0.15, 0.2) is 4.47 Å². The Kier molecular flexibility index (Phi) is 4.42. The molecule has 24 heavy (non-hydrogen) atoms. The summed E-state index contributed by atoms with van der Waals surface area (Å²) >= 11 is 7.12. The predicted octanol–water partition coefficient (Wildman–Crippen LogP) is 5.06. The van der Waals surface area contributed by atoms with Gasteiger partial charge in [0.1, 0.15) is 11.9 Å². The van der Waals surface area contributed by atoms with Crippen LogP contribution in [-0.4, -0.2) is 17.2 Å². The number of aliphatic hydroxyl groups is 1. The lowest BCUT2D eigenvalue weighted by molar-refractivity contribution is -0.137. The van der Waals surface area contributed by atoms with E-state index in [9.17, 15) is 18.3 Å². The molecule has 1 atom stereocenters. The van der Waals surface area contributed by atoms with Crippen molar-refractivity contribution >= 4 is 33.2 Å². The number of ether oxygens (including phenoxy) is 1. The van der Waals surface area contributed by atoms with E-state index in [2.05, 4.69) is 4.98 Å². The number of benzene rings is 2. The normalized spacial score (nSPS) is 13.2. The Bertz CT molecular complexity index is 895. The summed E-state index contributed by atoms with van der Waals surface area (Å²) in [5.74, 6) is 0.462. The zero-order chi connectivity index (χ0) is 17.5. The van der Waals surface area contributed by atoms with Gasteiger partial charge >= 0.3 is 6.18 Å². The summed E-state index contributed by atoms with van der Waals surface area (Å²) in [5, 5.41) is 10.6. The molecule has 0 saturated heterocycles. The van der Waals surface area contributed by atoms with Crippen molar-refractivity contribution in [3.8, 4) is 5.75 Å². The number of alkyl halides is 3. The van der Waals surface area contributed by atoms with Crippen LogP contribution in [0.15, 0.2) is 36.4 Å². The molecular formula is C16H11ClF3NO2S. The van der Waals surface area contributed by atoms with E-state index in [1.165, 1.54) is 30.6 Å². The zero-order valence-corrected chi connectivity index (χ0v) is 13.8. The second-order valence-electron chi connectivity index (χ2n) is 5.06. The molecule has 0 aliphatic heterocycles. The Morgan fingerprint density at radius 1 is 1.25 bits per heavy atom. The fourth-order valence-electron chi connectivity index (χ4n) is 2.39. The quantitative estimate of drug-likeness (QED) is 0.697. The molecule has 8 heteroatoms. The number of fused-ring (bicyclic) bond motifs is 1. The second-order valence-corrected chi connectivity index (χ2v) is 6.67. The number of aromatic nitrogens is 1. The van der Waals surface area contributed by atoms with E-state index in [1.54, 1.807) is 12.1 Å². The van der Waals surface area contributed by atoms with Crippen LogP contribution in [0.2, 0.25) is 4.47 Å². The van der Waals surface area contributed by atoms with Gasteiger partial charge in [-0.1, -0.05) is 23.7 Å². The molecule has 0 aliphatic carbocycles. The van der Waals surface area contributed by atoms with Crippen molar-refractivity contribution in [2.75, 3.05) is 7.11 Å². The lowest BCUT2D eigenvalue weighted by Crippen LogP contribution is -2.07. The Balaban J connectivity index is 2.13. The lowest BCUT2D eigenvalue weighted by Gasteiger charge is -2.15. The summed E-state index contributed by atoms with van der Waals surface area (Å²) in [4.78, 5) is 4.15. The fourth-order valence-corrected chi connectivity index (χ4v) is 3.48. The topological polar surface area (TPSA) is 42.4 Å². The molecule has 1 aromatic heterocycles. The minimum atomic E-state index is -4.48. The zero-order valence-electron chi connectivity index (χ0n) is 12.3. The van der Waals surface area contributed by atoms with Crippen LogP contribution in [0.1, 0.15) is 22.8 Å². The fraction of sp³-hybridized carbons (Fsp3) is 0.188. The van der Waals surface area contributed by atoms with Gasteiger partial charge in [-0.15, -0.1) is 11.3 Å². The highest BCUT2D eigenvalue weighted by Crippen LogP contribution is 2.38. The lowest BCUT2D eigenvalue weighted by atomic mass is 9.98. The molecule has 0 fully saturated rings. The Hall–Kier alpha value is -1.83. The van der Waals surface area contributed by atoms with E-state index in [-0.39, 0.29) is 10.0 Å². The van der Waals surface area contributed by atoms with Gasteiger partial charge in [-0.05, 0) is 29.8 Å². The molecule has 3 aromatic rings. The van der Waals surface area contributed by atoms with Crippen LogP contribution in [0.5, 0.6) is 5.75 Å². The van der Waals surface area contributed by atoms with Crippen LogP contribution >= 0.6 is 22.9 Å². The van der Waals surface area contributed by atoms with E-state index in [1.807, 2.05) is 0 Å². The summed E-state index contributed by atoms with van der Waals surface area (Å²) in [6.45, 7) is 0. The smallest absolute Gasteiger partial charge is 0.416 e. The first-order valence-electron chi connectivity index (χ1n) is 6.79. The maximum atomic E-state index is 12.9. The first kappa shape index (κ1) is 17.0. The third-order valence-corrected chi connectivity index (χ3v) is 4.64. The summed E-state index contributed by atoms with van der Waals surface area (Å²) in [5.41, 5.74) is 0.0699. The van der Waals surface area contributed by atoms with Gasteiger partial charge in [-0.3, -0.25) is 0 Å². The number of rotatable bonds is 3. The van der Waals surface area contributed by atoms with Crippen LogP contribution < -0.4 is 4.74 Å². The predicted molar refractivity (Wildman–Crippen MR) is 86.7 cm³/mol. The van der Waals surface area contributed by atoms with Crippen LogP contribution in [0.25, 0.3) is 10.2 Å². The number of halogens is 4. The summed E-state index contributed by atoms with van der Waals surface area (Å²) in [6, 6.07) is 7.82. The highest BCUT2D eigenvalue weighted by Gasteiger charge is 2.31. The van der Waals surface area contributed by atoms with E-state index >= 15 is 0 Å². The van der Waals surface area contributed by atoms with Crippen molar-refractivity contribution in [1.29, 1.82) is 0 Å². The van der Waals surface area contributed by atoms with Crippen LogP contribution in [-0.2, 0) is 6.18 Å². The summed E-state index contributed by atoms with van der Waals surface area (Å²) in [7, 11) is 1.46. The first-order valence-corrected chi connectivity index (χ1v) is 7.98. The van der Waals surface area contributed by atoms with Crippen molar-refractivity contribution in [2.45, 2.75) is 12.3 Å². The Labute approximate surface area is 144 Å². The molecule has 0 aliphatic rings. The molecule has 1 unspecified atom stereocenters. The van der Waals surface area contributed by atoms with E-state index in [0.717, 1.165) is 12.1 Å². The van der Waals surface area contributed by atoms with Crippen LogP contribution in [0.3, 0.4) is 0 Å². The van der Waals surface area contributed by atoms with Gasteiger partial charge in [0.05, 0.1) is 22.9 Å². The summed E-state index contributed by atoms with van der Waals surface area (Å²) in [6.07, 6.45) is -5.77. The van der Waals surface area contributed by atoms with Crippen LogP contribution in [0.4, 0.5) is 13.2 Å². The minimum absolute atomic E-state index is 0.114. The van der Waals surface area contributed by atoms with Crippen LogP contribution in [0, 0.1) is 0 Å². The number of thiazole rings is 1. The van der Waals surface area contributed by atoms with Crippen molar-refractivity contribution in [2.24, 2.45) is 0 Å². The molecule has 1 heterocycles. The minimum Gasteiger partial charge on any atom is -0.497 e. The van der Waals surface area contributed by atoms with Gasteiger partial charge in [0, 0.05) is 5.56 Å². The maximum Gasteiger partial charge on any atom is 0.416 e. The second kappa shape index (κ2) is 6.23. The average Bonchev–Trinajstić information content (AvgIpc) is 2.92. The standard InChI is InChI=1S/C16H11ClF3NO2S/c1-23-10-6-11(13-12(7-10)24-15(17)21-13)14(22)8-3-2-4-9(5-8)16(18,19)20/h2-7,14,22H,1H3. The molecule has 0 bridgehead atoms. The molecule has 0 amide bonds. The van der Waals surface area contributed by atoms with E-state index < -0.39 is 17.8 Å². The largest absolute Gasteiger partial charge is 0.497 e. The molecule has 2 aromatic carbocycles. The van der Waals surface area contributed by atoms with Crippen molar-refractivity contribution in [3.05, 3.63) is 57.6 Å². The Morgan fingerprint density at radius 3 is 2.67 bits per heavy atom. The van der Waals surface area contributed by atoms with Gasteiger partial charge in [0.2, 0.25) is 0 Å². The first-order chi connectivity index (χ1) is 11.3. The van der Waals surface area contributed by atoms with Gasteiger partial charge in [-0.2, -0.15) is 13.2 Å². The highest BCUT2D eigenvalue weighted by molar-refractivity contribution is 7.22. The Morgan fingerprint density at radius 2 is 2.00 bits per heavy atom. The van der Waals surface area contributed by atoms with Crippen molar-refractivity contribution in [3.63, 3.8) is 0 Å². The maximum absolute atomic E-state index is 12.9. The van der Waals surface area contributed by atoms with Gasteiger partial charge in [-0.25, -0.2) is 4.98 Å². The van der Waals surface area contributed by atoms with Crippen molar-refractivity contribution < 1.29 is 23.0 Å². The SMILES string of the molecule is COc1cc(C(O)c2cccc(C(F)(F)F)c2)c2nc(Cl)sc2c1. The van der Waals surface area contributed by atoms with E-state index in [4.69, 9.17) is 16.3 Å². The molecular weight excluding hydrogens is 363 g/mol. The number of nitrogens with zero attached hydrogens (tertiary/aromatic N) is 1. The van der Waals surface area contributed by atoms with Gasteiger partial charge < -0.3 is 9.84 Å². The average molecular weight is 374 g/mol. The van der Waals surface area contributed by atoms with Gasteiger partial charge in [0.25, 0.3) is 0 Å². The molecule has 0 radical (unpaired) electrons. The summed E-state index contributed by atoms with van der Waals surface area (Å²) < 4.78 is 44.8. The molecule has 3 rings (SSSR count). The molecule has 1 N–H and O–H groups in total. The highest BCUT2D eigenvalue weighted by atomic mass is 35.5. The molecule has 0 saturated carbocycles. The molecule has 126 valence electrons.